The number of rotatable bonds is 8. The summed E-state index contributed by atoms with van der Waals surface area (Å²) in [6, 6.07) is -0.585. The molecule has 1 fully saturated rings. The zero-order valence-electron chi connectivity index (χ0n) is 17.7. The molecule has 0 radical (unpaired) electrons. The Labute approximate surface area is 185 Å². The first kappa shape index (κ1) is 27.6. The number of likely N-dealkylation sites (tertiary alicyclic amines) is 1. The molecule has 29 heavy (non-hydrogen) atoms. The summed E-state index contributed by atoms with van der Waals surface area (Å²) in [5.41, 5.74) is 6.70. The predicted octanol–water partition coefficient (Wildman–Crippen LogP) is 1.56. The first-order valence-electron chi connectivity index (χ1n) is 9.71. The number of amides is 2. The Kier molecular flexibility index (Phi) is 12.4. The van der Waals surface area contributed by atoms with Crippen molar-refractivity contribution in [2.24, 2.45) is 17.6 Å². The monoisotopic (exact) mass is 451 g/mol. The minimum Gasteiger partial charge on any atom is -0.444 e. The van der Waals surface area contributed by atoms with E-state index in [9.17, 15) is 9.59 Å². The predicted molar refractivity (Wildman–Crippen MR) is 117 cm³/mol. The summed E-state index contributed by atoms with van der Waals surface area (Å²) in [6.07, 6.45) is 2.03. The fourth-order valence-corrected chi connectivity index (χ4v) is 3.06. The van der Waals surface area contributed by atoms with Crippen LogP contribution >= 0.6 is 24.8 Å². The van der Waals surface area contributed by atoms with Crippen LogP contribution in [0.2, 0.25) is 0 Å². The first-order chi connectivity index (χ1) is 12.8. The van der Waals surface area contributed by atoms with Gasteiger partial charge in [-0.15, -0.1) is 24.8 Å². The highest BCUT2D eigenvalue weighted by molar-refractivity contribution is 5.87. The number of nitrogens with one attached hydrogen (secondary N) is 2. The van der Waals surface area contributed by atoms with E-state index in [1.165, 1.54) is 0 Å². The van der Waals surface area contributed by atoms with Crippen molar-refractivity contribution in [3.8, 4) is 0 Å². The maximum Gasteiger partial charge on any atom is 0.239 e. The summed E-state index contributed by atoms with van der Waals surface area (Å²) in [5, 5.41) is 5.50. The van der Waals surface area contributed by atoms with Gasteiger partial charge >= 0.3 is 0 Å². The molecule has 8 nitrogen and oxygen atoms in total. The van der Waals surface area contributed by atoms with Crippen LogP contribution in [-0.2, 0) is 16.1 Å². The molecular formula is C19H35Cl2N5O3. The maximum absolute atomic E-state index is 11.9. The standard InChI is InChI=1S/C19H33N5O3.2ClH/c1-12(2)18(20)19(26)22-10-16(25)21-9-15-5-7-24(8-6-15)11-17-23-13(3)14(4)27-17;;/h12,15,18H,5-11,20H2,1-4H3,(H,21,25)(H,22,26);2*1H/t18-;;/m0../s1. The van der Waals surface area contributed by atoms with E-state index in [1.54, 1.807) is 0 Å². The van der Waals surface area contributed by atoms with Gasteiger partial charge < -0.3 is 20.8 Å². The summed E-state index contributed by atoms with van der Waals surface area (Å²) < 4.78 is 5.65. The van der Waals surface area contributed by atoms with Crippen LogP contribution in [0.25, 0.3) is 0 Å². The first-order valence-corrected chi connectivity index (χ1v) is 9.71. The third kappa shape index (κ3) is 8.90. The topological polar surface area (TPSA) is 113 Å². The number of nitrogens with two attached hydrogens (primary N) is 1. The zero-order chi connectivity index (χ0) is 20.0. The van der Waals surface area contributed by atoms with E-state index in [0.29, 0.717) is 12.5 Å². The number of aryl methyl sites for hydroxylation is 2. The number of carbonyl (C=O) groups excluding carboxylic acids is 2. The number of aromatic nitrogens is 1. The molecule has 2 amide bonds. The lowest BCUT2D eigenvalue weighted by molar-refractivity contribution is -0.127. The van der Waals surface area contributed by atoms with Crippen molar-refractivity contribution in [3.05, 3.63) is 17.3 Å². The fraction of sp³-hybridized carbons (Fsp3) is 0.737. The molecule has 1 aliphatic heterocycles. The van der Waals surface area contributed by atoms with Crippen LogP contribution in [-0.4, -0.2) is 53.9 Å². The van der Waals surface area contributed by atoms with E-state index in [0.717, 1.165) is 49.8 Å². The molecule has 0 bridgehead atoms. The molecule has 1 atom stereocenters. The number of carbonyl (C=O) groups is 2. The van der Waals surface area contributed by atoms with Gasteiger partial charge in [0.15, 0.2) is 0 Å². The van der Waals surface area contributed by atoms with E-state index in [-0.39, 0.29) is 49.1 Å². The highest BCUT2D eigenvalue weighted by atomic mass is 35.5. The van der Waals surface area contributed by atoms with Gasteiger partial charge in [-0.3, -0.25) is 14.5 Å². The third-order valence-electron chi connectivity index (χ3n) is 5.17. The third-order valence-corrected chi connectivity index (χ3v) is 5.17. The number of hydrogen-bond acceptors (Lipinski definition) is 6. The summed E-state index contributed by atoms with van der Waals surface area (Å²) in [5.74, 6) is 1.68. The average Bonchev–Trinajstić information content (AvgIpc) is 2.95. The smallest absolute Gasteiger partial charge is 0.239 e. The van der Waals surface area contributed by atoms with Gasteiger partial charge in [-0.2, -0.15) is 0 Å². The van der Waals surface area contributed by atoms with Gasteiger partial charge in [-0.05, 0) is 51.6 Å². The van der Waals surface area contributed by atoms with Gasteiger partial charge in [0.1, 0.15) is 5.76 Å². The lowest BCUT2D eigenvalue weighted by Crippen LogP contribution is -2.47. The number of halogens is 2. The second-order valence-electron chi connectivity index (χ2n) is 7.76. The van der Waals surface area contributed by atoms with Crippen molar-refractivity contribution in [3.63, 3.8) is 0 Å². The Bertz CT molecular complexity index is 626. The van der Waals surface area contributed by atoms with Crippen molar-refractivity contribution in [2.45, 2.75) is 53.1 Å². The summed E-state index contributed by atoms with van der Waals surface area (Å²) in [6.45, 7) is 10.9. The molecule has 2 rings (SSSR count). The largest absolute Gasteiger partial charge is 0.444 e. The molecule has 0 aliphatic carbocycles. The molecule has 1 aromatic heterocycles. The highest BCUT2D eigenvalue weighted by Crippen LogP contribution is 2.19. The van der Waals surface area contributed by atoms with Gasteiger partial charge in [-0.25, -0.2) is 4.98 Å². The van der Waals surface area contributed by atoms with Crippen molar-refractivity contribution < 1.29 is 14.0 Å². The van der Waals surface area contributed by atoms with E-state index in [4.69, 9.17) is 10.2 Å². The normalized spacial score (nSPS) is 15.9. The van der Waals surface area contributed by atoms with Gasteiger partial charge in [0, 0.05) is 6.54 Å². The average molecular weight is 452 g/mol. The van der Waals surface area contributed by atoms with Crippen LogP contribution < -0.4 is 16.4 Å². The zero-order valence-corrected chi connectivity index (χ0v) is 19.3. The molecule has 10 heteroatoms. The lowest BCUT2D eigenvalue weighted by Gasteiger charge is -2.31. The molecule has 2 heterocycles. The van der Waals surface area contributed by atoms with Gasteiger partial charge in [0.25, 0.3) is 0 Å². The minimum atomic E-state index is -0.585. The Morgan fingerprint density at radius 2 is 1.83 bits per heavy atom. The van der Waals surface area contributed by atoms with E-state index < -0.39 is 6.04 Å². The van der Waals surface area contributed by atoms with Crippen molar-refractivity contribution in [2.75, 3.05) is 26.2 Å². The quantitative estimate of drug-likeness (QED) is 0.552. The number of oxazole rings is 1. The van der Waals surface area contributed by atoms with Crippen LogP contribution in [0, 0.1) is 25.7 Å². The van der Waals surface area contributed by atoms with Crippen molar-refractivity contribution >= 4 is 36.6 Å². The molecule has 0 aromatic carbocycles. The molecule has 0 saturated carbocycles. The second kappa shape index (κ2) is 13.1. The Balaban J connectivity index is 0.00000392. The maximum atomic E-state index is 11.9. The highest BCUT2D eigenvalue weighted by Gasteiger charge is 2.22. The molecule has 0 spiro atoms. The van der Waals surface area contributed by atoms with Crippen molar-refractivity contribution in [1.29, 1.82) is 0 Å². The van der Waals surface area contributed by atoms with E-state index in [2.05, 4.69) is 20.5 Å². The summed E-state index contributed by atoms with van der Waals surface area (Å²) in [4.78, 5) is 30.5. The summed E-state index contributed by atoms with van der Waals surface area (Å²) in [7, 11) is 0. The second-order valence-corrected chi connectivity index (χ2v) is 7.76. The van der Waals surface area contributed by atoms with Crippen LogP contribution in [0.15, 0.2) is 4.42 Å². The number of hydrogen-bond donors (Lipinski definition) is 3. The van der Waals surface area contributed by atoms with Crippen LogP contribution in [0.1, 0.15) is 44.0 Å². The Morgan fingerprint density at radius 1 is 1.21 bits per heavy atom. The number of nitrogens with zero attached hydrogens (tertiary/aromatic N) is 2. The fourth-order valence-electron chi connectivity index (χ4n) is 3.06. The van der Waals surface area contributed by atoms with E-state index >= 15 is 0 Å². The molecule has 168 valence electrons. The summed E-state index contributed by atoms with van der Waals surface area (Å²) >= 11 is 0. The minimum absolute atomic E-state index is 0. The lowest BCUT2D eigenvalue weighted by atomic mass is 9.97. The molecule has 4 N–H and O–H groups in total. The van der Waals surface area contributed by atoms with Gasteiger partial charge in [0.2, 0.25) is 17.7 Å². The molecule has 1 aromatic rings. The Hall–Kier alpha value is -1.35. The van der Waals surface area contributed by atoms with Crippen LogP contribution in [0.5, 0.6) is 0 Å². The van der Waals surface area contributed by atoms with Gasteiger partial charge in [-0.1, -0.05) is 13.8 Å². The molecular weight excluding hydrogens is 417 g/mol. The van der Waals surface area contributed by atoms with Gasteiger partial charge in [0.05, 0.1) is 24.8 Å². The molecule has 0 unspecified atom stereocenters. The van der Waals surface area contributed by atoms with Crippen LogP contribution in [0.4, 0.5) is 0 Å². The van der Waals surface area contributed by atoms with E-state index in [1.807, 2.05) is 27.7 Å². The number of piperidine rings is 1. The Morgan fingerprint density at radius 3 is 2.34 bits per heavy atom. The van der Waals surface area contributed by atoms with Crippen molar-refractivity contribution in [1.82, 2.24) is 20.5 Å². The molecule has 1 aliphatic rings. The van der Waals surface area contributed by atoms with Crippen LogP contribution in [0.3, 0.4) is 0 Å². The SMILES string of the molecule is Cc1nc(CN2CCC(CNC(=O)CNC(=O)[C@@H](N)C(C)C)CC2)oc1C.Cl.Cl. The molecule has 1 saturated heterocycles.